The summed E-state index contributed by atoms with van der Waals surface area (Å²) in [7, 11) is 0. The van der Waals surface area contributed by atoms with Gasteiger partial charge in [0.1, 0.15) is 0 Å². The molecule has 0 aliphatic carbocycles. The summed E-state index contributed by atoms with van der Waals surface area (Å²) in [6.07, 6.45) is 0. The van der Waals surface area contributed by atoms with Crippen molar-refractivity contribution < 1.29 is 0 Å². The Labute approximate surface area is 88.9 Å². The van der Waals surface area contributed by atoms with Gasteiger partial charge >= 0.3 is 0 Å². The van der Waals surface area contributed by atoms with Crippen LogP contribution in [0.4, 0.5) is 0 Å². The van der Waals surface area contributed by atoms with Gasteiger partial charge in [0, 0.05) is 10.00 Å². The Morgan fingerprint density at radius 2 is 1.23 bits per heavy atom. The number of rotatable bonds is 2. The van der Waals surface area contributed by atoms with Crippen molar-refractivity contribution in [2.24, 2.45) is 11.3 Å². The summed E-state index contributed by atoms with van der Waals surface area (Å²) in [4.78, 5) is 0. The predicted molar refractivity (Wildman–Crippen MR) is 65.4 cm³/mol. The van der Waals surface area contributed by atoms with Crippen molar-refractivity contribution >= 4 is 11.8 Å². The average Bonchev–Trinajstić information content (AvgIpc) is 1.79. The van der Waals surface area contributed by atoms with E-state index in [-0.39, 0.29) is 0 Å². The van der Waals surface area contributed by atoms with Gasteiger partial charge in [0.25, 0.3) is 0 Å². The van der Waals surface area contributed by atoms with E-state index in [9.17, 15) is 0 Å². The van der Waals surface area contributed by atoms with Gasteiger partial charge in [0.05, 0.1) is 0 Å². The van der Waals surface area contributed by atoms with Crippen molar-refractivity contribution in [3.05, 3.63) is 0 Å². The first kappa shape index (κ1) is 13.4. The van der Waals surface area contributed by atoms with Crippen LogP contribution in [0.25, 0.3) is 0 Å². The highest BCUT2D eigenvalue weighted by atomic mass is 32.2. The van der Waals surface area contributed by atoms with Crippen molar-refractivity contribution in [2.45, 2.75) is 65.4 Å². The molecule has 80 valence electrons. The van der Waals surface area contributed by atoms with Crippen LogP contribution in [-0.2, 0) is 0 Å². The monoisotopic (exact) mass is 202 g/mol. The Balaban J connectivity index is 4.20. The zero-order chi connectivity index (χ0) is 10.9. The van der Waals surface area contributed by atoms with Gasteiger partial charge in [-0.05, 0) is 11.3 Å². The lowest BCUT2D eigenvalue weighted by Gasteiger charge is -2.35. The van der Waals surface area contributed by atoms with Gasteiger partial charge in [-0.2, -0.15) is 11.8 Å². The topological polar surface area (TPSA) is 0 Å². The second-order valence-electron chi connectivity index (χ2n) is 6.09. The first-order chi connectivity index (χ1) is 5.54. The van der Waals surface area contributed by atoms with Gasteiger partial charge in [-0.15, -0.1) is 0 Å². The van der Waals surface area contributed by atoms with E-state index in [1.807, 2.05) is 0 Å². The minimum atomic E-state index is 0.388. The van der Waals surface area contributed by atoms with Crippen LogP contribution >= 0.6 is 11.8 Å². The maximum atomic E-state index is 2.36. The molecule has 0 fully saturated rings. The molecule has 0 N–H and O–H groups in total. The van der Waals surface area contributed by atoms with Crippen molar-refractivity contribution in [3.63, 3.8) is 0 Å². The van der Waals surface area contributed by atoms with Crippen LogP contribution in [0.3, 0.4) is 0 Å². The molecule has 2 unspecified atom stereocenters. The molecule has 0 aromatic heterocycles. The van der Waals surface area contributed by atoms with E-state index in [0.717, 1.165) is 11.2 Å². The molecule has 0 nitrogen and oxygen atoms in total. The Morgan fingerprint density at radius 3 is 1.46 bits per heavy atom. The molecule has 13 heavy (non-hydrogen) atoms. The minimum Gasteiger partial charge on any atom is -0.153 e. The fraction of sp³-hybridized carbons (Fsp3) is 1.00. The predicted octanol–water partition coefficient (Wildman–Crippen LogP) is 4.59. The third-order valence-corrected chi connectivity index (χ3v) is 4.10. The van der Waals surface area contributed by atoms with E-state index in [1.165, 1.54) is 0 Å². The zero-order valence-corrected chi connectivity index (χ0v) is 11.4. The van der Waals surface area contributed by atoms with Crippen LogP contribution in [0, 0.1) is 11.3 Å². The lowest BCUT2D eigenvalue weighted by molar-refractivity contribution is 0.260. The molecule has 0 bridgehead atoms. The molecule has 0 aliphatic rings. The summed E-state index contributed by atoms with van der Waals surface area (Å²) >= 11 is 2.09. The second kappa shape index (κ2) is 4.25. The van der Waals surface area contributed by atoms with Crippen LogP contribution in [-0.4, -0.2) is 10.00 Å². The maximum absolute atomic E-state index is 2.36. The van der Waals surface area contributed by atoms with Crippen LogP contribution in [0.1, 0.15) is 55.4 Å². The van der Waals surface area contributed by atoms with Crippen LogP contribution in [0.2, 0.25) is 0 Å². The normalized spacial score (nSPS) is 18.5. The summed E-state index contributed by atoms with van der Waals surface area (Å²) in [6.45, 7) is 18.6. The summed E-state index contributed by atoms with van der Waals surface area (Å²) in [5.74, 6) is 0.761. The highest BCUT2D eigenvalue weighted by Gasteiger charge is 2.28. The molecular formula is C12H26S. The number of thioether (sulfide) groups is 1. The third kappa shape index (κ3) is 5.61. The molecule has 2 atom stereocenters. The van der Waals surface area contributed by atoms with E-state index in [2.05, 4.69) is 67.2 Å². The van der Waals surface area contributed by atoms with Crippen LogP contribution < -0.4 is 0 Å². The fourth-order valence-corrected chi connectivity index (χ4v) is 3.09. The van der Waals surface area contributed by atoms with Crippen molar-refractivity contribution in [3.8, 4) is 0 Å². The van der Waals surface area contributed by atoms with Gasteiger partial charge in [0.2, 0.25) is 0 Å². The quantitative estimate of drug-likeness (QED) is 0.631. The summed E-state index contributed by atoms with van der Waals surface area (Å²) < 4.78 is 0.388. The molecule has 0 amide bonds. The lowest BCUT2D eigenvalue weighted by atomic mass is 9.80. The molecule has 0 spiro atoms. The molecule has 0 aliphatic heterocycles. The number of hydrogen-bond acceptors (Lipinski definition) is 1. The van der Waals surface area contributed by atoms with Gasteiger partial charge in [-0.3, -0.25) is 0 Å². The molecule has 0 saturated heterocycles. The van der Waals surface area contributed by atoms with E-state index in [0.29, 0.717) is 10.2 Å². The highest BCUT2D eigenvalue weighted by Crippen LogP contribution is 2.38. The summed E-state index contributed by atoms with van der Waals surface area (Å²) in [5, 5.41) is 0.736. The maximum Gasteiger partial charge on any atom is 0.00778 e. The van der Waals surface area contributed by atoms with E-state index < -0.39 is 0 Å². The molecule has 0 rings (SSSR count). The second-order valence-corrected chi connectivity index (χ2v) is 8.29. The smallest absolute Gasteiger partial charge is 0.00778 e. The third-order valence-electron chi connectivity index (χ3n) is 2.61. The van der Waals surface area contributed by atoms with E-state index in [4.69, 9.17) is 0 Å². The average molecular weight is 202 g/mol. The Bertz CT molecular complexity index is 147. The molecule has 0 aromatic rings. The van der Waals surface area contributed by atoms with E-state index >= 15 is 0 Å². The molecule has 0 aromatic carbocycles. The summed E-state index contributed by atoms with van der Waals surface area (Å²) in [5.41, 5.74) is 0.428. The van der Waals surface area contributed by atoms with Gasteiger partial charge in [0.15, 0.2) is 0 Å². The van der Waals surface area contributed by atoms with Gasteiger partial charge in [-0.25, -0.2) is 0 Å². The molecule has 0 saturated carbocycles. The molecule has 0 heterocycles. The molecule has 0 radical (unpaired) electrons. The zero-order valence-electron chi connectivity index (χ0n) is 10.6. The van der Waals surface area contributed by atoms with Crippen molar-refractivity contribution in [2.75, 3.05) is 0 Å². The largest absolute Gasteiger partial charge is 0.153 e. The summed E-state index contributed by atoms with van der Waals surface area (Å²) in [6, 6.07) is 0. The molecular weight excluding hydrogens is 176 g/mol. The first-order valence-corrected chi connectivity index (χ1v) is 6.10. The lowest BCUT2D eigenvalue weighted by Crippen LogP contribution is -2.28. The van der Waals surface area contributed by atoms with Crippen molar-refractivity contribution in [1.82, 2.24) is 0 Å². The van der Waals surface area contributed by atoms with Crippen molar-refractivity contribution in [1.29, 1.82) is 0 Å². The Hall–Kier alpha value is 0.350. The van der Waals surface area contributed by atoms with Crippen LogP contribution in [0.15, 0.2) is 0 Å². The first-order valence-electron chi connectivity index (χ1n) is 5.22. The molecule has 1 heteroatoms. The SMILES string of the molecule is CC(SC(C)(C)C)C(C)C(C)(C)C. The number of hydrogen-bond donors (Lipinski definition) is 0. The van der Waals surface area contributed by atoms with Gasteiger partial charge < -0.3 is 0 Å². The van der Waals surface area contributed by atoms with Gasteiger partial charge in [-0.1, -0.05) is 55.4 Å². The Kier molecular flexibility index (Phi) is 4.36. The Morgan fingerprint density at radius 1 is 0.846 bits per heavy atom. The minimum absolute atomic E-state index is 0.388. The fourth-order valence-electron chi connectivity index (χ4n) is 1.36. The van der Waals surface area contributed by atoms with E-state index in [1.54, 1.807) is 0 Å². The standard InChI is InChI=1S/C12H26S/c1-9(11(3,4)5)10(2)13-12(6,7)8/h9-10H,1-8H3. The van der Waals surface area contributed by atoms with Crippen LogP contribution in [0.5, 0.6) is 0 Å². The highest BCUT2D eigenvalue weighted by molar-refractivity contribution is 8.01.